The summed E-state index contributed by atoms with van der Waals surface area (Å²) in [5.74, 6) is -5.80. The first kappa shape index (κ1) is 18.0. The molecule has 26 heavy (non-hydrogen) atoms. The molecule has 3 aromatic rings. The second-order valence-electron chi connectivity index (χ2n) is 5.53. The average molecular weight is 369 g/mol. The SMILES string of the molecule is CCOC(=O)C(F)(F)c1nc2ccc(C(F)(F)F)cc2c2ccccc12. The summed E-state index contributed by atoms with van der Waals surface area (Å²) < 4.78 is 72.4. The molecule has 0 aliphatic carbocycles. The number of benzene rings is 2. The van der Waals surface area contributed by atoms with Crippen molar-refractivity contribution in [2.45, 2.75) is 19.0 Å². The summed E-state index contributed by atoms with van der Waals surface area (Å²) in [6, 6.07) is 8.26. The van der Waals surface area contributed by atoms with Crippen LogP contribution in [0.2, 0.25) is 0 Å². The first-order chi connectivity index (χ1) is 12.2. The Kier molecular flexibility index (Phi) is 4.29. The van der Waals surface area contributed by atoms with Crippen LogP contribution < -0.4 is 0 Å². The third kappa shape index (κ3) is 2.95. The fourth-order valence-corrected chi connectivity index (χ4v) is 2.69. The normalized spacial score (nSPS) is 12.5. The van der Waals surface area contributed by atoms with Gasteiger partial charge in [0.2, 0.25) is 0 Å². The molecule has 0 aliphatic heterocycles. The zero-order chi connectivity index (χ0) is 19.1. The molecule has 2 aromatic carbocycles. The van der Waals surface area contributed by atoms with Gasteiger partial charge in [-0.1, -0.05) is 24.3 Å². The van der Waals surface area contributed by atoms with Crippen molar-refractivity contribution in [1.29, 1.82) is 0 Å². The average Bonchev–Trinajstić information content (AvgIpc) is 2.60. The molecule has 1 heterocycles. The molecular formula is C18H12F5NO2. The van der Waals surface area contributed by atoms with Gasteiger partial charge in [0.15, 0.2) is 0 Å². The third-order valence-electron chi connectivity index (χ3n) is 3.86. The molecule has 0 saturated heterocycles. The summed E-state index contributed by atoms with van der Waals surface area (Å²) in [7, 11) is 0. The van der Waals surface area contributed by atoms with Crippen LogP contribution in [0.15, 0.2) is 42.5 Å². The van der Waals surface area contributed by atoms with Crippen molar-refractivity contribution in [3.63, 3.8) is 0 Å². The Morgan fingerprint density at radius 1 is 1.00 bits per heavy atom. The quantitative estimate of drug-likeness (QED) is 0.368. The third-order valence-corrected chi connectivity index (χ3v) is 3.86. The molecule has 3 rings (SSSR count). The minimum atomic E-state index is -4.58. The summed E-state index contributed by atoms with van der Waals surface area (Å²) in [4.78, 5) is 15.5. The Morgan fingerprint density at radius 3 is 2.27 bits per heavy atom. The lowest BCUT2D eigenvalue weighted by molar-refractivity contribution is -0.173. The topological polar surface area (TPSA) is 39.2 Å². The predicted octanol–water partition coefficient (Wildman–Crippen LogP) is 5.06. The minimum Gasteiger partial charge on any atom is -0.461 e. The number of hydrogen-bond donors (Lipinski definition) is 0. The molecule has 0 amide bonds. The number of aromatic nitrogens is 1. The number of halogens is 5. The van der Waals surface area contributed by atoms with Gasteiger partial charge >= 0.3 is 18.1 Å². The van der Waals surface area contributed by atoms with E-state index in [2.05, 4.69) is 9.72 Å². The number of esters is 1. The number of ether oxygens (including phenoxy) is 1. The van der Waals surface area contributed by atoms with E-state index in [0.717, 1.165) is 18.2 Å². The number of pyridine rings is 1. The Morgan fingerprint density at radius 2 is 1.65 bits per heavy atom. The van der Waals surface area contributed by atoms with Gasteiger partial charge < -0.3 is 4.74 Å². The Balaban J connectivity index is 2.34. The highest BCUT2D eigenvalue weighted by Gasteiger charge is 2.46. The van der Waals surface area contributed by atoms with Crippen LogP contribution in [0, 0.1) is 0 Å². The van der Waals surface area contributed by atoms with Crippen molar-refractivity contribution in [1.82, 2.24) is 4.98 Å². The Labute approximate surface area is 144 Å². The van der Waals surface area contributed by atoms with Gasteiger partial charge in [-0.25, -0.2) is 9.78 Å². The van der Waals surface area contributed by atoms with E-state index in [1.165, 1.54) is 31.2 Å². The van der Waals surface area contributed by atoms with Crippen LogP contribution in [0.1, 0.15) is 18.2 Å². The highest BCUT2D eigenvalue weighted by atomic mass is 19.4. The Hall–Kier alpha value is -2.77. The second kappa shape index (κ2) is 6.19. The summed E-state index contributed by atoms with van der Waals surface area (Å²) in [5, 5.41) is 0.0961. The number of carbonyl (C=O) groups is 1. The van der Waals surface area contributed by atoms with Gasteiger partial charge in [0.05, 0.1) is 17.7 Å². The standard InChI is InChI=1S/C18H12F5NO2/c1-2-26-16(25)17(19,20)15-12-6-4-3-5-11(12)13-9-10(18(21,22)23)7-8-14(13)24-15/h3-9H,2H2,1H3. The van der Waals surface area contributed by atoms with E-state index in [4.69, 9.17) is 0 Å². The first-order valence-corrected chi connectivity index (χ1v) is 7.61. The van der Waals surface area contributed by atoms with Gasteiger partial charge in [-0.15, -0.1) is 0 Å². The monoisotopic (exact) mass is 369 g/mol. The molecule has 136 valence electrons. The van der Waals surface area contributed by atoms with Gasteiger partial charge in [0.25, 0.3) is 0 Å². The molecule has 0 radical (unpaired) electrons. The van der Waals surface area contributed by atoms with Crippen molar-refractivity contribution in [3.8, 4) is 0 Å². The maximum Gasteiger partial charge on any atom is 0.416 e. The number of nitrogens with zero attached hydrogens (tertiary/aromatic N) is 1. The van der Waals surface area contributed by atoms with Crippen molar-refractivity contribution < 1.29 is 31.5 Å². The Bertz CT molecular complexity index is 998. The summed E-state index contributed by atoms with van der Waals surface area (Å²) in [5.41, 5.74) is -1.84. The van der Waals surface area contributed by atoms with E-state index in [1.807, 2.05) is 0 Å². The number of carbonyl (C=O) groups excluding carboxylic acids is 1. The van der Waals surface area contributed by atoms with Crippen LogP contribution in [0.3, 0.4) is 0 Å². The van der Waals surface area contributed by atoms with Gasteiger partial charge in [0, 0.05) is 10.8 Å². The highest BCUT2D eigenvalue weighted by molar-refractivity contribution is 6.08. The van der Waals surface area contributed by atoms with Crippen molar-refractivity contribution in [2.75, 3.05) is 6.61 Å². The van der Waals surface area contributed by atoms with E-state index >= 15 is 0 Å². The lowest BCUT2D eigenvalue weighted by Gasteiger charge is -2.18. The molecule has 0 aliphatic rings. The van der Waals surface area contributed by atoms with Crippen LogP contribution in [0.4, 0.5) is 22.0 Å². The lowest BCUT2D eigenvalue weighted by Crippen LogP contribution is -2.29. The molecule has 8 heteroatoms. The van der Waals surface area contributed by atoms with Crippen LogP contribution in [0.25, 0.3) is 21.7 Å². The molecule has 0 atom stereocenters. The largest absolute Gasteiger partial charge is 0.461 e. The predicted molar refractivity (Wildman–Crippen MR) is 84.8 cm³/mol. The molecule has 3 nitrogen and oxygen atoms in total. The zero-order valence-electron chi connectivity index (χ0n) is 13.4. The van der Waals surface area contributed by atoms with Crippen molar-refractivity contribution in [3.05, 3.63) is 53.7 Å². The van der Waals surface area contributed by atoms with Gasteiger partial charge in [0.1, 0.15) is 5.69 Å². The van der Waals surface area contributed by atoms with Gasteiger partial charge in [-0.2, -0.15) is 22.0 Å². The molecule has 1 aromatic heterocycles. The maximum absolute atomic E-state index is 14.5. The van der Waals surface area contributed by atoms with Crippen LogP contribution in [0.5, 0.6) is 0 Å². The fraction of sp³-hybridized carbons (Fsp3) is 0.222. The molecule has 0 spiro atoms. The van der Waals surface area contributed by atoms with E-state index in [1.54, 1.807) is 0 Å². The van der Waals surface area contributed by atoms with Crippen LogP contribution in [-0.4, -0.2) is 17.6 Å². The van der Waals surface area contributed by atoms with Crippen LogP contribution >= 0.6 is 0 Å². The fourth-order valence-electron chi connectivity index (χ4n) is 2.69. The van der Waals surface area contributed by atoms with Crippen LogP contribution in [-0.2, 0) is 21.6 Å². The maximum atomic E-state index is 14.5. The number of hydrogen-bond acceptors (Lipinski definition) is 3. The first-order valence-electron chi connectivity index (χ1n) is 7.61. The number of fused-ring (bicyclic) bond motifs is 3. The summed E-state index contributed by atoms with van der Waals surface area (Å²) in [6.45, 7) is 1.15. The zero-order valence-corrected chi connectivity index (χ0v) is 13.4. The molecule has 0 bridgehead atoms. The van der Waals surface area contributed by atoms with E-state index in [9.17, 15) is 26.7 Å². The molecule has 0 N–H and O–H groups in total. The molecule has 0 unspecified atom stereocenters. The highest BCUT2D eigenvalue weighted by Crippen LogP contribution is 2.38. The van der Waals surface area contributed by atoms with E-state index < -0.39 is 29.3 Å². The minimum absolute atomic E-state index is 0.0684. The van der Waals surface area contributed by atoms with Gasteiger partial charge in [-0.05, 0) is 30.5 Å². The summed E-state index contributed by atoms with van der Waals surface area (Å²) in [6.07, 6.45) is -4.58. The summed E-state index contributed by atoms with van der Waals surface area (Å²) >= 11 is 0. The lowest BCUT2D eigenvalue weighted by atomic mass is 9.99. The smallest absolute Gasteiger partial charge is 0.416 e. The molecule has 0 saturated carbocycles. The second-order valence-corrected chi connectivity index (χ2v) is 5.53. The number of alkyl halides is 5. The van der Waals surface area contributed by atoms with E-state index in [-0.39, 0.29) is 28.3 Å². The molecular weight excluding hydrogens is 357 g/mol. The number of rotatable bonds is 3. The van der Waals surface area contributed by atoms with Crippen molar-refractivity contribution in [2.24, 2.45) is 0 Å². The molecule has 0 fully saturated rings. The van der Waals surface area contributed by atoms with Gasteiger partial charge in [-0.3, -0.25) is 0 Å². The van der Waals surface area contributed by atoms with Crippen molar-refractivity contribution >= 4 is 27.6 Å². The van der Waals surface area contributed by atoms with E-state index in [0.29, 0.717) is 0 Å².